The lowest BCUT2D eigenvalue weighted by atomic mass is 9.85. The van der Waals surface area contributed by atoms with Gasteiger partial charge in [-0.3, -0.25) is 4.79 Å². The second-order valence-electron chi connectivity index (χ2n) is 6.20. The van der Waals surface area contributed by atoms with Crippen LogP contribution in [0.3, 0.4) is 0 Å². The summed E-state index contributed by atoms with van der Waals surface area (Å²) >= 11 is 0. The maximum Gasteiger partial charge on any atom is 0.187 e. The van der Waals surface area contributed by atoms with Crippen LogP contribution in [0.5, 0.6) is 28.7 Å². The van der Waals surface area contributed by atoms with Gasteiger partial charge < -0.3 is 28.5 Å². The third-order valence-electron chi connectivity index (χ3n) is 4.75. The second kappa shape index (κ2) is 8.77. The molecule has 8 heteroatoms. The number of ether oxygens (including phenoxy) is 5. The van der Waals surface area contributed by atoms with E-state index in [0.717, 1.165) is 0 Å². The summed E-state index contributed by atoms with van der Waals surface area (Å²) in [5, 5.41) is 4.19. The lowest BCUT2D eigenvalue weighted by Gasteiger charge is -2.22. The van der Waals surface area contributed by atoms with Crippen LogP contribution in [-0.4, -0.2) is 54.2 Å². The highest BCUT2D eigenvalue weighted by Gasteiger charge is 2.30. The van der Waals surface area contributed by atoms with Gasteiger partial charge in [0.05, 0.1) is 35.5 Å². The van der Waals surface area contributed by atoms with Crippen molar-refractivity contribution in [1.82, 2.24) is 0 Å². The van der Waals surface area contributed by atoms with E-state index in [1.165, 1.54) is 48.7 Å². The highest BCUT2D eigenvalue weighted by molar-refractivity contribution is 6.41. The average Bonchev–Trinajstić information content (AvgIpc) is 2.78. The summed E-state index contributed by atoms with van der Waals surface area (Å²) in [6.07, 6.45) is 1.48. The first-order chi connectivity index (χ1) is 14.5. The minimum Gasteiger partial charge on any atom is -0.496 e. The number of carbonyl (C=O) groups excluding carboxylic acids is 1. The van der Waals surface area contributed by atoms with E-state index in [0.29, 0.717) is 56.7 Å². The third-order valence-corrected chi connectivity index (χ3v) is 4.75. The summed E-state index contributed by atoms with van der Waals surface area (Å²) in [6, 6.07) is 6.74. The van der Waals surface area contributed by atoms with E-state index < -0.39 is 0 Å². The van der Waals surface area contributed by atoms with Crippen LogP contribution in [0.4, 0.5) is 0 Å². The topological polar surface area (TPSA) is 84.8 Å². The number of hydrogen-bond acceptors (Lipinski definition) is 8. The molecule has 1 aliphatic carbocycles. The molecule has 2 aromatic rings. The number of carbonyl (C=O) groups is 1. The van der Waals surface area contributed by atoms with Crippen LogP contribution in [0.25, 0.3) is 5.57 Å². The van der Waals surface area contributed by atoms with Gasteiger partial charge in [0.2, 0.25) is 0 Å². The molecule has 3 rings (SSSR count). The Morgan fingerprint density at radius 1 is 0.600 bits per heavy atom. The number of oxime groups is 1. The highest BCUT2D eigenvalue weighted by atomic mass is 16.6. The highest BCUT2D eigenvalue weighted by Crippen LogP contribution is 2.42. The minimum atomic E-state index is -0.215. The Labute approximate surface area is 174 Å². The van der Waals surface area contributed by atoms with E-state index in [2.05, 4.69) is 5.16 Å². The van der Waals surface area contributed by atoms with Gasteiger partial charge in [-0.25, -0.2) is 0 Å². The van der Waals surface area contributed by atoms with Crippen LogP contribution < -0.4 is 23.7 Å². The van der Waals surface area contributed by atoms with Gasteiger partial charge >= 0.3 is 0 Å². The maximum atomic E-state index is 13.0. The predicted molar refractivity (Wildman–Crippen MR) is 111 cm³/mol. The first-order valence-electron chi connectivity index (χ1n) is 8.97. The molecule has 0 aliphatic heterocycles. The summed E-state index contributed by atoms with van der Waals surface area (Å²) in [5.41, 5.74) is 2.53. The van der Waals surface area contributed by atoms with Crippen molar-refractivity contribution in [2.24, 2.45) is 5.16 Å². The number of hydrogen-bond donors (Lipinski definition) is 0. The number of ketones is 1. The molecule has 0 heterocycles. The van der Waals surface area contributed by atoms with Crippen molar-refractivity contribution in [3.05, 3.63) is 47.0 Å². The quantitative estimate of drug-likeness (QED) is 0.644. The molecule has 0 saturated heterocycles. The molecule has 0 aromatic heterocycles. The van der Waals surface area contributed by atoms with Crippen LogP contribution in [0, 0.1) is 0 Å². The fourth-order valence-electron chi connectivity index (χ4n) is 3.34. The van der Waals surface area contributed by atoms with Crippen molar-refractivity contribution in [2.45, 2.75) is 0 Å². The first kappa shape index (κ1) is 21.0. The van der Waals surface area contributed by atoms with Gasteiger partial charge in [0.15, 0.2) is 28.8 Å². The zero-order chi connectivity index (χ0) is 21.8. The van der Waals surface area contributed by atoms with Crippen molar-refractivity contribution in [1.29, 1.82) is 0 Å². The standard InChI is InChI=1S/C22H23NO7/c1-25-17-11-21(29-5)19(27-3)9-13(17)14-7-16(24)12-8-18(26-2)20(28-4)10-15(12)22(14)23-30-6/h7-11H,1-6H3/b23-22-. The molecule has 0 saturated carbocycles. The molecule has 0 radical (unpaired) electrons. The Morgan fingerprint density at radius 2 is 1.07 bits per heavy atom. The number of nitrogens with zero attached hydrogens (tertiary/aromatic N) is 1. The predicted octanol–water partition coefficient (Wildman–Crippen LogP) is 3.36. The molecule has 30 heavy (non-hydrogen) atoms. The van der Waals surface area contributed by atoms with Crippen molar-refractivity contribution >= 4 is 17.1 Å². The Morgan fingerprint density at radius 3 is 1.57 bits per heavy atom. The molecular formula is C22H23NO7. The first-order valence-corrected chi connectivity index (χ1v) is 8.97. The summed E-state index contributed by atoms with van der Waals surface area (Å²) < 4.78 is 27.1. The zero-order valence-electron chi connectivity index (χ0n) is 17.7. The van der Waals surface area contributed by atoms with Gasteiger partial charge in [0.25, 0.3) is 0 Å². The van der Waals surface area contributed by atoms with E-state index in [4.69, 9.17) is 28.5 Å². The van der Waals surface area contributed by atoms with Crippen LogP contribution in [-0.2, 0) is 4.84 Å². The molecule has 0 amide bonds. The largest absolute Gasteiger partial charge is 0.496 e. The fourth-order valence-corrected chi connectivity index (χ4v) is 3.34. The molecule has 158 valence electrons. The van der Waals surface area contributed by atoms with Crippen LogP contribution in [0.15, 0.2) is 35.5 Å². The molecular weight excluding hydrogens is 390 g/mol. The van der Waals surface area contributed by atoms with Gasteiger partial charge in [0, 0.05) is 28.3 Å². The van der Waals surface area contributed by atoms with Gasteiger partial charge in [-0.05, 0) is 24.3 Å². The molecule has 0 bridgehead atoms. The van der Waals surface area contributed by atoms with Crippen LogP contribution in [0.2, 0.25) is 0 Å². The molecule has 0 fully saturated rings. The molecule has 2 aromatic carbocycles. The van der Waals surface area contributed by atoms with Crippen molar-refractivity contribution < 1.29 is 33.3 Å². The number of allylic oxidation sites excluding steroid dienone is 2. The summed E-state index contributed by atoms with van der Waals surface area (Å²) in [7, 11) is 9.07. The Bertz CT molecular complexity index is 1040. The smallest absolute Gasteiger partial charge is 0.187 e. The summed E-state index contributed by atoms with van der Waals surface area (Å²) in [6.45, 7) is 0. The van der Waals surface area contributed by atoms with Crippen LogP contribution in [0.1, 0.15) is 21.5 Å². The second-order valence-corrected chi connectivity index (χ2v) is 6.20. The number of rotatable bonds is 7. The molecule has 0 N–H and O–H groups in total. The number of benzene rings is 2. The third kappa shape index (κ3) is 3.52. The summed E-state index contributed by atoms with van der Waals surface area (Å²) in [4.78, 5) is 18.1. The van der Waals surface area contributed by atoms with Crippen molar-refractivity contribution in [3.8, 4) is 28.7 Å². The minimum absolute atomic E-state index is 0.215. The molecule has 0 spiro atoms. The van der Waals surface area contributed by atoms with Gasteiger partial charge in [0.1, 0.15) is 18.6 Å². The Hall–Kier alpha value is -3.68. The summed E-state index contributed by atoms with van der Waals surface area (Å²) in [5.74, 6) is 2.16. The van der Waals surface area contributed by atoms with Crippen molar-refractivity contribution in [2.75, 3.05) is 42.7 Å². The molecule has 0 unspecified atom stereocenters. The molecule has 0 atom stereocenters. The van der Waals surface area contributed by atoms with Gasteiger partial charge in [-0.2, -0.15) is 0 Å². The molecule has 1 aliphatic rings. The Kier molecular flexibility index (Phi) is 6.15. The number of fused-ring (bicyclic) bond motifs is 1. The van der Waals surface area contributed by atoms with E-state index >= 15 is 0 Å². The monoisotopic (exact) mass is 413 g/mol. The van der Waals surface area contributed by atoms with E-state index in [1.54, 1.807) is 24.3 Å². The maximum absolute atomic E-state index is 13.0. The average molecular weight is 413 g/mol. The fraction of sp³-hybridized carbons (Fsp3) is 0.273. The van der Waals surface area contributed by atoms with E-state index in [1.807, 2.05) is 0 Å². The SMILES string of the molecule is CO/N=C1/C(c2cc(OC)c(OC)cc2OC)=CC(=O)c2cc(OC)c(OC)cc21. The Balaban J connectivity index is 2.28. The number of methoxy groups -OCH3 is 5. The van der Waals surface area contributed by atoms with Gasteiger partial charge in [-0.15, -0.1) is 0 Å². The van der Waals surface area contributed by atoms with Crippen LogP contribution >= 0.6 is 0 Å². The van der Waals surface area contributed by atoms with E-state index in [-0.39, 0.29) is 5.78 Å². The molecule has 8 nitrogen and oxygen atoms in total. The van der Waals surface area contributed by atoms with E-state index in [9.17, 15) is 4.79 Å². The van der Waals surface area contributed by atoms with Gasteiger partial charge in [-0.1, -0.05) is 5.16 Å². The normalized spacial score (nSPS) is 14.0. The zero-order valence-corrected chi connectivity index (χ0v) is 17.7. The lowest BCUT2D eigenvalue weighted by Crippen LogP contribution is -2.18. The van der Waals surface area contributed by atoms with Crippen molar-refractivity contribution in [3.63, 3.8) is 0 Å². The lowest BCUT2D eigenvalue weighted by molar-refractivity contribution is 0.104.